The molecule has 1 atom stereocenters. The second kappa shape index (κ2) is 3.35. The van der Waals surface area contributed by atoms with E-state index >= 15 is 0 Å². The fourth-order valence-corrected chi connectivity index (χ4v) is 2.89. The maximum atomic E-state index is 11.3. The predicted molar refractivity (Wildman–Crippen MR) is 61.1 cm³/mol. The molecule has 3 rings (SSSR count). The van der Waals surface area contributed by atoms with Gasteiger partial charge in [0.05, 0.1) is 0 Å². The lowest BCUT2D eigenvalue weighted by Crippen LogP contribution is -2.35. The van der Waals surface area contributed by atoms with Crippen molar-refractivity contribution in [3.63, 3.8) is 0 Å². The number of nitrogens with one attached hydrogen (secondary N) is 1. The third kappa shape index (κ3) is 1.62. The Morgan fingerprint density at radius 1 is 1.53 bits per heavy atom. The maximum absolute atomic E-state index is 11.3. The van der Waals surface area contributed by atoms with Gasteiger partial charge in [0.15, 0.2) is 0 Å². The van der Waals surface area contributed by atoms with E-state index in [9.17, 15) is 9.59 Å². The number of hydrogen-bond donors (Lipinski definition) is 2. The van der Waals surface area contributed by atoms with E-state index in [1.165, 1.54) is 0 Å². The van der Waals surface area contributed by atoms with E-state index in [0.717, 1.165) is 24.8 Å². The van der Waals surface area contributed by atoms with Crippen molar-refractivity contribution in [3.8, 4) is 0 Å². The molecule has 2 N–H and O–H groups in total. The number of aromatic amines is 1. The van der Waals surface area contributed by atoms with Crippen LogP contribution >= 0.6 is 0 Å². The molecule has 1 saturated heterocycles. The highest BCUT2D eigenvalue weighted by Gasteiger charge is 2.56. The SMILES string of the molecule is O=C(O)N1C[C@H](c2cc[nH]c(=O)c2)CC12CC2. The van der Waals surface area contributed by atoms with Crippen LogP contribution in [0.25, 0.3) is 0 Å². The molecule has 2 fully saturated rings. The van der Waals surface area contributed by atoms with Crippen LogP contribution in [0.3, 0.4) is 0 Å². The van der Waals surface area contributed by atoms with Crippen LogP contribution in [-0.4, -0.2) is 33.2 Å². The van der Waals surface area contributed by atoms with E-state index in [2.05, 4.69) is 4.98 Å². The Bertz CT molecular complexity index is 518. The van der Waals surface area contributed by atoms with Crippen molar-refractivity contribution < 1.29 is 9.90 Å². The summed E-state index contributed by atoms with van der Waals surface area (Å²) in [4.78, 5) is 26.5. The highest BCUT2D eigenvalue weighted by atomic mass is 16.4. The summed E-state index contributed by atoms with van der Waals surface area (Å²) in [6.07, 6.45) is 3.55. The molecule has 0 unspecified atom stereocenters. The Morgan fingerprint density at radius 3 is 2.82 bits per heavy atom. The lowest BCUT2D eigenvalue weighted by Gasteiger charge is -2.19. The van der Waals surface area contributed by atoms with Crippen LogP contribution in [0, 0.1) is 0 Å². The molecule has 1 aromatic heterocycles. The van der Waals surface area contributed by atoms with Crippen molar-refractivity contribution in [1.82, 2.24) is 9.88 Å². The summed E-state index contributed by atoms with van der Waals surface area (Å²) in [5.74, 6) is 0.163. The topological polar surface area (TPSA) is 73.4 Å². The molecule has 0 radical (unpaired) electrons. The smallest absolute Gasteiger partial charge is 0.407 e. The molecule has 90 valence electrons. The molecular weight excluding hydrogens is 220 g/mol. The first-order chi connectivity index (χ1) is 8.11. The normalized spacial score (nSPS) is 25.2. The van der Waals surface area contributed by atoms with Crippen molar-refractivity contribution in [1.29, 1.82) is 0 Å². The van der Waals surface area contributed by atoms with Gasteiger partial charge in [-0.3, -0.25) is 4.79 Å². The Balaban J connectivity index is 1.88. The first kappa shape index (κ1) is 10.4. The molecule has 5 nitrogen and oxygen atoms in total. The molecule has 0 bridgehead atoms. The van der Waals surface area contributed by atoms with Crippen LogP contribution < -0.4 is 5.56 Å². The zero-order valence-corrected chi connectivity index (χ0v) is 9.35. The number of hydrogen-bond acceptors (Lipinski definition) is 2. The summed E-state index contributed by atoms with van der Waals surface area (Å²) in [5.41, 5.74) is 0.698. The van der Waals surface area contributed by atoms with Gasteiger partial charge in [0, 0.05) is 30.3 Å². The molecule has 1 aliphatic heterocycles. The van der Waals surface area contributed by atoms with Crippen molar-refractivity contribution in [2.45, 2.75) is 30.7 Å². The van der Waals surface area contributed by atoms with Crippen LogP contribution in [0.5, 0.6) is 0 Å². The second-order valence-electron chi connectivity index (χ2n) is 5.00. The standard InChI is InChI=1S/C12H14N2O3/c15-10-5-8(1-4-13-10)9-6-12(2-3-12)14(7-9)11(16)17/h1,4-5,9H,2-3,6-7H2,(H,13,15)(H,16,17)/t9-/m1/s1. The van der Waals surface area contributed by atoms with Crippen molar-refractivity contribution in [2.24, 2.45) is 0 Å². The maximum Gasteiger partial charge on any atom is 0.407 e. The third-order valence-corrected chi connectivity index (χ3v) is 3.93. The van der Waals surface area contributed by atoms with Crippen molar-refractivity contribution in [3.05, 3.63) is 34.2 Å². The number of carbonyl (C=O) groups is 1. The van der Waals surface area contributed by atoms with Crippen molar-refractivity contribution in [2.75, 3.05) is 6.54 Å². The van der Waals surface area contributed by atoms with Gasteiger partial charge in [0.1, 0.15) is 0 Å². The second-order valence-corrected chi connectivity index (χ2v) is 5.00. The first-order valence-corrected chi connectivity index (χ1v) is 5.80. The quantitative estimate of drug-likeness (QED) is 0.770. The van der Waals surface area contributed by atoms with Crippen LogP contribution in [0.1, 0.15) is 30.7 Å². The van der Waals surface area contributed by atoms with Gasteiger partial charge in [-0.1, -0.05) is 0 Å². The van der Waals surface area contributed by atoms with E-state index in [4.69, 9.17) is 5.11 Å². The summed E-state index contributed by atoms with van der Waals surface area (Å²) < 4.78 is 0. The van der Waals surface area contributed by atoms with Crippen LogP contribution in [-0.2, 0) is 0 Å². The number of pyridine rings is 1. The third-order valence-electron chi connectivity index (χ3n) is 3.93. The highest BCUT2D eigenvalue weighted by molar-refractivity contribution is 5.68. The molecule has 5 heteroatoms. The Hall–Kier alpha value is -1.78. The van der Waals surface area contributed by atoms with E-state index in [1.54, 1.807) is 17.2 Å². The van der Waals surface area contributed by atoms with Gasteiger partial charge in [-0.25, -0.2) is 4.79 Å². The summed E-state index contributed by atoms with van der Waals surface area (Å²) in [6, 6.07) is 3.44. The molecule has 1 aliphatic carbocycles. The lowest BCUT2D eigenvalue weighted by atomic mass is 9.96. The van der Waals surface area contributed by atoms with Gasteiger partial charge in [0.25, 0.3) is 0 Å². The zero-order valence-electron chi connectivity index (χ0n) is 9.35. The molecule has 17 heavy (non-hydrogen) atoms. The number of nitrogens with zero attached hydrogens (tertiary/aromatic N) is 1. The van der Waals surface area contributed by atoms with Gasteiger partial charge in [-0.15, -0.1) is 0 Å². The summed E-state index contributed by atoms with van der Waals surface area (Å²) in [7, 11) is 0. The molecule has 2 heterocycles. The van der Waals surface area contributed by atoms with Gasteiger partial charge in [-0.2, -0.15) is 0 Å². The highest BCUT2D eigenvalue weighted by Crippen LogP contribution is 2.53. The molecule has 1 amide bonds. The number of likely N-dealkylation sites (tertiary alicyclic amines) is 1. The van der Waals surface area contributed by atoms with Gasteiger partial charge < -0.3 is 15.0 Å². The number of H-pyrrole nitrogens is 1. The molecule has 2 aliphatic rings. The minimum Gasteiger partial charge on any atom is -0.465 e. The Morgan fingerprint density at radius 2 is 2.29 bits per heavy atom. The molecular formula is C12H14N2O3. The van der Waals surface area contributed by atoms with Crippen LogP contribution in [0.2, 0.25) is 0 Å². The van der Waals surface area contributed by atoms with Crippen LogP contribution in [0.4, 0.5) is 4.79 Å². The number of carboxylic acid groups (broad SMARTS) is 1. The fraction of sp³-hybridized carbons (Fsp3) is 0.500. The van der Waals surface area contributed by atoms with E-state index in [0.29, 0.717) is 6.54 Å². The molecule has 1 aromatic rings. The van der Waals surface area contributed by atoms with E-state index in [-0.39, 0.29) is 17.0 Å². The lowest BCUT2D eigenvalue weighted by molar-refractivity contribution is 0.135. The largest absolute Gasteiger partial charge is 0.465 e. The summed E-state index contributed by atoms with van der Waals surface area (Å²) in [6.45, 7) is 0.513. The van der Waals surface area contributed by atoms with E-state index in [1.807, 2.05) is 6.07 Å². The van der Waals surface area contributed by atoms with Gasteiger partial charge >= 0.3 is 6.09 Å². The molecule has 0 aromatic carbocycles. The molecule has 1 saturated carbocycles. The summed E-state index contributed by atoms with van der Waals surface area (Å²) in [5, 5.41) is 9.17. The predicted octanol–water partition coefficient (Wildman–Crippen LogP) is 1.37. The number of aromatic nitrogens is 1. The Kier molecular flexibility index (Phi) is 2.05. The number of amides is 1. The van der Waals surface area contributed by atoms with E-state index < -0.39 is 6.09 Å². The van der Waals surface area contributed by atoms with Gasteiger partial charge in [0.2, 0.25) is 5.56 Å². The average Bonchev–Trinajstić information content (AvgIpc) is 2.91. The Labute approximate surface area is 98.1 Å². The van der Waals surface area contributed by atoms with Crippen molar-refractivity contribution >= 4 is 6.09 Å². The minimum atomic E-state index is -0.838. The summed E-state index contributed by atoms with van der Waals surface area (Å²) >= 11 is 0. The number of rotatable bonds is 1. The zero-order chi connectivity index (χ0) is 12.0. The molecule has 1 spiro atoms. The average molecular weight is 234 g/mol. The first-order valence-electron chi connectivity index (χ1n) is 5.80. The monoisotopic (exact) mass is 234 g/mol. The minimum absolute atomic E-state index is 0.124. The fourth-order valence-electron chi connectivity index (χ4n) is 2.89. The van der Waals surface area contributed by atoms with Gasteiger partial charge in [-0.05, 0) is 30.9 Å². The van der Waals surface area contributed by atoms with Crippen LogP contribution in [0.15, 0.2) is 23.1 Å².